The maximum atomic E-state index is 10.7. The average Bonchev–Trinajstić information content (AvgIpc) is 2.97. The Morgan fingerprint density at radius 1 is 1.17 bits per heavy atom. The molecule has 23 heavy (non-hydrogen) atoms. The van der Waals surface area contributed by atoms with Gasteiger partial charge in [-0.15, -0.1) is 0 Å². The van der Waals surface area contributed by atoms with Crippen molar-refractivity contribution in [1.29, 1.82) is 0 Å². The third-order valence-corrected chi connectivity index (χ3v) is 4.46. The van der Waals surface area contributed by atoms with Gasteiger partial charge in [0.25, 0.3) is 0 Å². The number of ether oxygens (including phenoxy) is 4. The van der Waals surface area contributed by atoms with Crippen molar-refractivity contribution in [3.8, 4) is 0 Å². The second-order valence-electron chi connectivity index (χ2n) is 5.82. The Balaban J connectivity index is 1.91. The SMILES string of the molecule is CO[C@H]1O[C@H](CO)C[C@]2(OC(c3ccccc3)O[C@H]2CO)[C@H]1O. The average molecular weight is 326 g/mol. The van der Waals surface area contributed by atoms with E-state index in [9.17, 15) is 15.3 Å². The van der Waals surface area contributed by atoms with E-state index in [4.69, 9.17) is 18.9 Å². The lowest BCUT2D eigenvalue weighted by Gasteiger charge is -2.45. The van der Waals surface area contributed by atoms with E-state index in [1.165, 1.54) is 7.11 Å². The lowest BCUT2D eigenvalue weighted by atomic mass is 9.82. The van der Waals surface area contributed by atoms with Crippen molar-refractivity contribution in [1.82, 2.24) is 0 Å². The van der Waals surface area contributed by atoms with E-state index < -0.39 is 36.5 Å². The van der Waals surface area contributed by atoms with Crippen LogP contribution in [0.5, 0.6) is 0 Å². The first kappa shape index (κ1) is 16.8. The summed E-state index contributed by atoms with van der Waals surface area (Å²) in [6.07, 6.45) is -3.96. The maximum absolute atomic E-state index is 10.7. The highest BCUT2D eigenvalue weighted by Gasteiger charge is 2.60. The van der Waals surface area contributed by atoms with Crippen LogP contribution in [0.15, 0.2) is 30.3 Å². The molecule has 1 unspecified atom stereocenters. The number of hydrogen-bond acceptors (Lipinski definition) is 7. The van der Waals surface area contributed by atoms with Gasteiger partial charge in [-0.05, 0) is 0 Å². The maximum Gasteiger partial charge on any atom is 0.186 e. The van der Waals surface area contributed by atoms with Gasteiger partial charge < -0.3 is 34.3 Å². The van der Waals surface area contributed by atoms with Gasteiger partial charge in [-0.3, -0.25) is 0 Å². The van der Waals surface area contributed by atoms with Crippen molar-refractivity contribution < 1.29 is 34.3 Å². The minimum atomic E-state index is -1.21. The van der Waals surface area contributed by atoms with Crippen LogP contribution in [0.4, 0.5) is 0 Å². The van der Waals surface area contributed by atoms with Crippen molar-refractivity contribution in [2.45, 2.75) is 42.9 Å². The van der Waals surface area contributed by atoms with E-state index in [1.54, 1.807) is 0 Å². The van der Waals surface area contributed by atoms with Crippen molar-refractivity contribution in [2.24, 2.45) is 0 Å². The number of methoxy groups -OCH3 is 1. The Kier molecular flexibility index (Phi) is 4.98. The zero-order valence-electron chi connectivity index (χ0n) is 12.9. The topological polar surface area (TPSA) is 97.6 Å². The summed E-state index contributed by atoms with van der Waals surface area (Å²) in [6, 6.07) is 9.29. The van der Waals surface area contributed by atoms with Crippen LogP contribution in [-0.2, 0) is 18.9 Å². The summed E-state index contributed by atoms with van der Waals surface area (Å²) in [5, 5.41) is 29.8. The van der Waals surface area contributed by atoms with Crippen molar-refractivity contribution in [3.05, 3.63) is 35.9 Å². The molecule has 0 bridgehead atoms. The third kappa shape index (κ3) is 2.89. The summed E-state index contributed by atoms with van der Waals surface area (Å²) >= 11 is 0. The van der Waals surface area contributed by atoms with Crippen molar-refractivity contribution in [3.63, 3.8) is 0 Å². The normalized spacial score (nSPS) is 40.6. The minimum Gasteiger partial charge on any atom is -0.394 e. The molecule has 1 spiro atoms. The Labute approximate surface area is 134 Å². The monoisotopic (exact) mass is 326 g/mol. The van der Waals surface area contributed by atoms with Gasteiger partial charge >= 0.3 is 0 Å². The highest BCUT2D eigenvalue weighted by atomic mass is 16.8. The lowest BCUT2D eigenvalue weighted by molar-refractivity contribution is -0.301. The molecule has 0 aliphatic carbocycles. The molecule has 6 atom stereocenters. The quantitative estimate of drug-likeness (QED) is 0.713. The molecule has 3 N–H and O–H groups in total. The van der Waals surface area contributed by atoms with Gasteiger partial charge in [0.1, 0.15) is 17.8 Å². The summed E-state index contributed by atoms with van der Waals surface area (Å²) in [5.74, 6) is 0. The molecule has 7 heteroatoms. The van der Waals surface area contributed by atoms with Gasteiger partial charge in [0, 0.05) is 19.1 Å². The molecular weight excluding hydrogens is 304 g/mol. The number of aliphatic hydroxyl groups excluding tert-OH is 3. The highest BCUT2D eigenvalue weighted by molar-refractivity contribution is 5.18. The predicted octanol–water partition coefficient (Wildman–Crippen LogP) is -0.0537. The van der Waals surface area contributed by atoms with Crippen LogP contribution in [0, 0.1) is 0 Å². The zero-order valence-corrected chi connectivity index (χ0v) is 12.9. The summed E-state index contributed by atoms with van der Waals surface area (Å²) in [5.41, 5.74) is -0.419. The lowest BCUT2D eigenvalue weighted by Crippen LogP contribution is -2.63. The summed E-state index contributed by atoms with van der Waals surface area (Å²) < 4.78 is 22.5. The first-order valence-electron chi connectivity index (χ1n) is 7.61. The minimum absolute atomic E-state index is 0.194. The van der Waals surface area contributed by atoms with E-state index in [0.29, 0.717) is 0 Å². The van der Waals surface area contributed by atoms with Crippen LogP contribution in [0.25, 0.3) is 0 Å². The standard InChI is InChI=1S/C16H22O7/c1-20-15-13(19)16(7-11(8-17)21-15)12(9-18)22-14(23-16)10-5-3-2-4-6-10/h2-6,11-15,17-19H,7-9H2,1H3/t11-,12-,13-,14?,15-,16+/m0/s1. The third-order valence-electron chi connectivity index (χ3n) is 4.46. The van der Waals surface area contributed by atoms with Crippen LogP contribution in [0.1, 0.15) is 18.3 Å². The molecule has 2 fully saturated rings. The molecule has 2 heterocycles. The van der Waals surface area contributed by atoms with Crippen LogP contribution < -0.4 is 0 Å². The molecule has 128 valence electrons. The van der Waals surface area contributed by atoms with Gasteiger partial charge in [-0.1, -0.05) is 30.3 Å². The first-order valence-corrected chi connectivity index (χ1v) is 7.61. The fraction of sp³-hybridized carbons (Fsp3) is 0.625. The van der Waals surface area contributed by atoms with E-state index in [1.807, 2.05) is 30.3 Å². The van der Waals surface area contributed by atoms with Crippen LogP contribution in [0.3, 0.4) is 0 Å². The Bertz CT molecular complexity index is 510. The molecule has 2 aliphatic rings. The number of rotatable bonds is 4. The second-order valence-corrected chi connectivity index (χ2v) is 5.82. The molecule has 2 aliphatic heterocycles. The summed E-state index contributed by atoms with van der Waals surface area (Å²) in [7, 11) is 1.40. The molecule has 7 nitrogen and oxygen atoms in total. The zero-order chi connectivity index (χ0) is 16.4. The van der Waals surface area contributed by atoms with E-state index in [2.05, 4.69) is 0 Å². The molecule has 3 rings (SSSR count). The fourth-order valence-corrected chi connectivity index (χ4v) is 3.27. The smallest absolute Gasteiger partial charge is 0.186 e. The second kappa shape index (κ2) is 6.82. The number of aliphatic hydroxyl groups is 3. The van der Waals surface area contributed by atoms with E-state index in [-0.39, 0.29) is 19.6 Å². The van der Waals surface area contributed by atoms with Crippen molar-refractivity contribution >= 4 is 0 Å². The van der Waals surface area contributed by atoms with Crippen LogP contribution >= 0.6 is 0 Å². The van der Waals surface area contributed by atoms with Gasteiger partial charge in [0.2, 0.25) is 0 Å². The van der Waals surface area contributed by atoms with Gasteiger partial charge in [0.05, 0.1) is 19.3 Å². The molecule has 1 aromatic carbocycles. The van der Waals surface area contributed by atoms with E-state index in [0.717, 1.165) is 5.56 Å². The number of hydrogen-bond donors (Lipinski definition) is 3. The predicted molar refractivity (Wildman–Crippen MR) is 78.3 cm³/mol. The Hall–Kier alpha value is -1.06. The number of benzene rings is 1. The highest BCUT2D eigenvalue weighted by Crippen LogP contribution is 2.46. The largest absolute Gasteiger partial charge is 0.394 e. The Morgan fingerprint density at radius 3 is 2.52 bits per heavy atom. The van der Waals surface area contributed by atoms with E-state index >= 15 is 0 Å². The molecular formula is C16H22O7. The molecule has 1 aromatic rings. The molecule has 0 radical (unpaired) electrons. The molecule has 0 amide bonds. The fourth-order valence-electron chi connectivity index (χ4n) is 3.27. The van der Waals surface area contributed by atoms with Crippen LogP contribution in [0.2, 0.25) is 0 Å². The molecule has 0 saturated carbocycles. The first-order chi connectivity index (χ1) is 11.1. The van der Waals surface area contributed by atoms with Gasteiger partial charge in [0.15, 0.2) is 12.6 Å². The molecule has 2 saturated heterocycles. The molecule has 0 aromatic heterocycles. The van der Waals surface area contributed by atoms with Crippen LogP contribution in [-0.4, -0.2) is 65.8 Å². The van der Waals surface area contributed by atoms with Crippen molar-refractivity contribution in [2.75, 3.05) is 20.3 Å². The van der Waals surface area contributed by atoms with Gasteiger partial charge in [-0.25, -0.2) is 0 Å². The summed E-state index contributed by atoms with van der Waals surface area (Å²) in [6.45, 7) is -0.569. The summed E-state index contributed by atoms with van der Waals surface area (Å²) in [4.78, 5) is 0. The Morgan fingerprint density at radius 2 is 1.91 bits per heavy atom. The van der Waals surface area contributed by atoms with Gasteiger partial charge in [-0.2, -0.15) is 0 Å².